The van der Waals surface area contributed by atoms with Gasteiger partial charge in [-0.1, -0.05) is 46.1 Å². The summed E-state index contributed by atoms with van der Waals surface area (Å²) in [5.41, 5.74) is 2.07. The van der Waals surface area contributed by atoms with Gasteiger partial charge >= 0.3 is 0 Å². The van der Waals surface area contributed by atoms with Crippen LogP contribution in [0.1, 0.15) is 11.1 Å². The van der Waals surface area contributed by atoms with E-state index >= 15 is 0 Å². The number of ether oxygens (including phenoxy) is 2. The number of halogens is 3. The van der Waals surface area contributed by atoms with E-state index in [1.807, 2.05) is 18.2 Å². The molecule has 0 atom stereocenters. The maximum Gasteiger partial charge on any atom is 0.264 e. The van der Waals surface area contributed by atoms with Crippen LogP contribution in [0.5, 0.6) is 11.5 Å². The molecule has 0 fully saturated rings. The van der Waals surface area contributed by atoms with Crippen LogP contribution in [0.15, 0.2) is 18.2 Å². The van der Waals surface area contributed by atoms with Crippen LogP contribution in [-0.2, 0) is 4.79 Å². The van der Waals surface area contributed by atoms with Gasteiger partial charge in [-0.2, -0.15) is 0 Å². The third-order valence-corrected chi connectivity index (χ3v) is 6.32. The summed E-state index contributed by atoms with van der Waals surface area (Å²) in [4.78, 5) is 16.6. The standard InChI is InChI=1S/C18H15Cl3N2O3S/c1-8-14(19)9(2)16(21)17(15(8)20)26-7-13(24)23-18-22-11-5-4-10(25-3)6-12(11)27-18/h4-6H,7H2,1-3H3,(H,22,23,24). The average Bonchev–Trinajstić information content (AvgIpc) is 3.05. The Morgan fingerprint density at radius 2 is 1.81 bits per heavy atom. The van der Waals surface area contributed by atoms with E-state index in [0.29, 0.717) is 21.3 Å². The molecule has 1 N–H and O–H groups in total. The molecule has 5 nitrogen and oxygen atoms in total. The van der Waals surface area contributed by atoms with Crippen molar-refractivity contribution in [3.8, 4) is 11.5 Å². The zero-order valence-electron chi connectivity index (χ0n) is 14.7. The molecular formula is C18H15Cl3N2O3S. The van der Waals surface area contributed by atoms with E-state index in [0.717, 1.165) is 16.0 Å². The van der Waals surface area contributed by atoms with Crippen molar-refractivity contribution in [2.75, 3.05) is 19.0 Å². The number of benzene rings is 2. The molecule has 0 spiro atoms. The minimum absolute atomic E-state index is 0.238. The lowest BCUT2D eigenvalue weighted by Gasteiger charge is -2.15. The number of anilines is 1. The first-order valence-corrected chi connectivity index (χ1v) is 9.77. The van der Waals surface area contributed by atoms with E-state index in [9.17, 15) is 4.79 Å². The summed E-state index contributed by atoms with van der Waals surface area (Å²) in [7, 11) is 1.60. The Kier molecular flexibility index (Phi) is 6.01. The molecule has 1 aromatic heterocycles. The second-order valence-corrected chi connectivity index (χ2v) is 7.88. The molecule has 0 aliphatic carbocycles. The number of methoxy groups -OCH3 is 1. The predicted molar refractivity (Wildman–Crippen MR) is 111 cm³/mol. The molecule has 0 aliphatic heterocycles. The molecule has 3 aromatic rings. The number of rotatable bonds is 5. The number of carbonyl (C=O) groups excluding carboxylic acids is 1. The Morgan fingerprint density at radius 1 is 1.15 bits per heavy atom. The molecular weight excluding hydrogens is 431 g/mol. The highest BCUT2D eigenvalue weighted by molar-refractivity contribution is 7.22. The molecule has 0 saturated heterocycles. The summed E-state index contributed by atoms with van der Waals surface area (Å²) < 4.78 is 11.6. The lowest BCUT2D eigenvalue weighted by Crippen LogP contribution is -2.20. The Morgan fingerprint density at radius 3 is 2.44 bits per heavy atom. The number of carbonyl (C=O) groups is 1. The second kappa shape index (κ2) is 8.10. The minimum Gasteiger partial charge on any atom is -0.497 e. The van der Waals surface area contributed by atoms with Crippen molar-refractivity contribution < 1.29 is 14.3 Å². The van der Waals surface area contributed by atoms with Crippen LogP contribution in [0.2, 0.25) is 15.1 Å². The van der Waals surface area contributed by atoms with Crippen LogP contribution in [-0.4, -0.2) is 24.6 Å². The highest BCUT2D eigenvalue weighted by Crippen LogP contribution is 2.42. The molecule has 9 heteroatoms. The molecule has 0 unspecified atom stereocenters. The molecule has 0 radical (unpaired) electrons. The van der Waals surface area contributed by atoms with E-state index < -0.39 is 0 Å². The summed E-state index contributed by atoms with van der Waals surface area (Å²) in [5.74, 6) is 0.588. The molecule has 0 aliphatic rings. The lowest BCUT2D eigenvalue weighted by atomic mass is 10.1. The van der Waals surface area contributed by atoms with Crippen LogP contribution in [0.4, 0.5) is 5.13 Å². The molecule has 0 saturated carbocycles. The first kappa shape index (κ1) is 20.0. The number of fused-ring (bicyclic) bond motifs is 1. The van der Waals surface area contributed by atoms with Crippen molar-refractivity contribution in [1.82, 2.24) is 4.98 Å². The van der Waals surface area contributed by atoms with Gasteiger partial charge in [0.1, 0.15) is 5.75 Å². The van der Waals surface area contributed by atoms with Crippen LogP contribution < -0.4 is 14.8 Å². The van der Waals surface area contributed by atoms with Crippen molar-refractivity contribution in [3.05, 3.63) is 44.4 Å². The van der Waals surface area contributed by atoms with Gasteiger partial charge in [-0.3, -0.25) is 10.1 Å². The molecule has 1 amide bonds. The van der Waals surface area contributed by atoms with Crippen LogP contribution in [0, 0.1) is 13.8 Å². The SMILES string of the molecule is COc1ccc2nc(NC(=O)COc3c(Cl)c(C)c(Cl)c(C)c3Cl)sc2c1. The van der Waals surface area contributed by atoms with E-state index in [-0.39, 0.29) is 28.3 Å². The van der Waals surface area contributed by atoms with Crippen LogP contribution >= 0.6 is 46.1 Å². The number of hydrogen-bond donors (Lipinski definition) is 1. The number of hydrogen-bond acceptors (Lipinski definition) is 5. The van der Waals surface area contributed by atoms with Crippen LogP contribution in [0.3, 0.4) is 0 Å². The number of nitrogens with one attached hydrogen (secondary N) is 1. The normalized spacial score (nSPS) is 10.9. The smallest absolute Gasteiger partial charge is 0.264 e. The van der Waals surface area contributed by atoms with Crippen molar-refractivity contribution in [1.29, 1.82) is 0 Å². The fourth-order valence-electron chi connectivity index (χ4n) is 2.42. The van der Waals surface area contributed by atoms with Gasteiger partial charge in [0, 0.05) is 5.02 Å². The maximum atomic E-state index is 12.2. The fraction of sp³-hybridized carbons (Fsp3) is 0.222. The van der Waals surface area contributed by atoms with Gasteiger partial charge in [0.15, 0.2) is 17.5 Å². The van der Waals surface area contributed by atoms with Crippen molar-refractivity contribution in [2.24, 2.45) is 0 Å². The van der Waals surface area contributed by atoms with Gasteiger partial charge in [-0.05, 0) is 43.2 Å². The highest BCUT2D eigenvalue weighted by atomic mass is 35.5. The molecule has 27 heavy (non-hydrogen) atoms. The quantitative estimate of drug-likeness (QED) is 0.531. The first-order chi connectivity index (χ1) is 12.8. The third-order valence-electron chi connectivity index (χ3n) is 3.91. The van der Waals surface area contributed by atoms with E-state index in [1.54, 1.807) is 21.0 Å². The summed E-state index contributed by atoms with van der Waals surface area (Å²) in [6.45, 7) is 3.26. The summed E-state index contributed by atoms with van der Waals surface area (Å²) in [6, 6.07) is 5.50. The number of aromatic nitrogens is 1. The van der Waals surface area contributed by atoms with Gasteiger partial charge in [0.2, 0.25) is 0 Å². The number of amides is 1. The highest BCUT2D eigenvalue weighted by Gasteiger charge is 2.19. The molecule has 0 bridgehead atoms. The fourth-order valence-corrected chi connectivity index (χ4v) is 4.15. The van der Waals surface area contributed by atoms with Crippen molar-refractivity contribution in [3.63, 3.8) is 0 Å². The van der Waals surface area contributed by atoms with Crippen molar-refractivity contribution in [2.45, 2.75) is 13.8 Å². The predicted octanol–water partition coefficient (Wildman–Crippen LogP) is 5.90. The summed E-state index contributed by atoms with van der Waals surface area (Å²) in [6.07, 6.45) is 0. The van der Waals surface area contributed by atoms with Gasteiger partial charge in [0.05, 0.1) is 27.4 Å². The zero-order chi connectivity index (χ0) is 19.7. The van der Waals surface area contributed by atoms with Crippen molar-refractivity contribution >= 4 is 67.4 Å². The van der Waals surface area contributed by atoms with Gasteiger partial charge < -0.3 is 9.47 Å². The van der Waals surface area contributed by atoms with E-state index in [1.165, 1.54) is 11.3 Å². The van der Waals surface area contributed by atoms with Gasteiger partial charge in [-0.15, -0.1) is 0 Å². The third kappa shape index (κ3) is 4.09. The van der Waals surface area contributed by atoms with E-state index in [4.69, 9.17) is 44.3 Å². The largest absolute Gasteiger partial charge is 0.497 e. The Balaban J connectivity index is 1.72. The molecule has 142 valence electrons. The number of thiazole rings is 1. The molecule has 2 aromatic carbocycles. The molecule has 1 heterocycles. The average molecular weight is 446 g/mol. The topological polar surface area (TPSA) is 60.5 Å². The summed E-state index contributed by atoms with van der Waals surface area (Å²) in [5, 5.41) is 4.23. The summed E-state index contributed by atoms with van der Waals surface area (Å²) >= 11 is 20.0. The monoisotopic (exact) mass is 444 g/mol. The number of nitrogens with zero attached hydrogens (tertiary/aromatic N) is 1. The maximum absolute atomic E-state index is 12.2. The Bertz CT molecular complexity index is 1010. The minimum atomic E-state index is -0.376. The Hall–Kier alpha value is -1.73. The van der Waals surface area contributed by atoms with E-state index in [2.05, 4.69) is 10.3 Å². The Labute approximate surface area is 175 Å². The van der Waals surface area contributed by atoms with Gasteiger partial charge in [-0.25, -0.2) is 4.98 Å². The first-order valence-electron chi connectivity index (χ1n) is 7.82. The zero-order valence-corrected chi connectivity index (χ0v) is 17.7. The second-order valence-electron chi connectivity index (χ2n) is 5.71. The lowest BCUT2D eigenvalue weighted by molar-refractivity contribution is -0.118. The van der Waals surface area contributed by atoms with Gasteiger partial charge in [0.25, 0.3) is 5.91 Å². The molecule has 3 rings (SSSR count). The van der Waals surface area contributed by atoms with Crippen LogP contribution in [0.25, 0.3) is 10.2 Å².